The fourth-order valence-electron chi connectivity index (χ4n) is 1.93. The number of ether oxygens (including phenoxy) is 1. The predicted molar refractivity (Wildman–Crippen MR) is 54.7 cm³/mol. The SMILES string of the molecule is C/C=C/CC1OC(=O)C2=C1CCC=C2. The van der Waals surface area contributed by atoms with E-state index < -0.39 is 0 Å². The maximum atomic E-state index is 11.4. The van der Waals surface area contributed by atoms with Crippen molar-refractivity contribution in [1.82, 2.24) is 0 Å². The van der Waals surface area contributed by atoms with E-state index in [1.165, 1.54) is 5.57 Å². The van der Waals surface area contributed by atoms with E-state index in [2.05, 4.69) is 0 Å². The molecule has 1 atom stereocenters. The van der Waals surface area contributed by atoms with Crippen LogP contribution in [0.15, 0.2) is 35.5 Å². The van der Waals surface area contributed by atoms with E-state index in [-0.39, 0.29) is 12.1 Å². The Bertz CT molecular complexity index is 334. The molecule has 14 heavy (non-hydrogen) atoms. The Kier molecular flexibility index (Phi) is 2.53. The van der Waals surface area contributed by atoms with Crippen molar-refractivity contribution in [3.8, 4) is 0 Å². The zero-order chi connectivity index (χ0) is 9.97. The summed E-state index contributed by atoms with van der Waals surface area (Å²) < 4.78 is 5.29. The summed E-state index contributed by atoms with van der Waals surface area (Å²) in [5.74, 6) is -0.148. The van der Waals surface area contributed by atoms with Gasteiger partial charge >= 0.3 is 5.97 Å². The molecule has 2 aliphatic rings. The van der Waals surface area contributed by atoms with Gasteiger partial charge < -0.3 is 4.74 Å². The minimum atomic E-state index is -0.148. The molecule has 0 saturated heterocycles. The third-order valence-electron chi connectivity index (χ3n) is 2.65. The number of rotatable bonds is 2. The van der Waals surface area contributed by atoms with Crippen LogP contribution in [0.3, 0.4) is 0 Å². The van der Waals surface area contributed by atoms with Gasteiger partial charge in [-0.1, -0.05) is 24.3 Å². The summed E-state index contributed by atoms with van der Waals surface area (Å²) in [6, 6.07) is 0. The molecule has 1 unspecified atom stereocenters. The molecule has 0 saturated carbocycles. The summed E-state index contributed by atoms with van der Waals surface area (Å²) >= 11 is 0. The normalized spacial score (nSPS) is 25.8. The van der Waals surface area contributed by atoms with Crippen molar-refractivity contribution in [2.45, 2.75) is 32.3 Å². The summed E-state index contributed by atoms with van der Waals surface area (Å²) in [6.07, 6.45) is 10.8. The lowest BCUT2D eigenvalue weighted by Crippen LogP contribution is -2.10. The molecule has 0 bridgehead atoms. The van der Waals surface area contributed by atoms with Crippen LogP contribution in [0.5, 0.6) is 0 Å². The zero-order valence-corrected chi connectivity index (χ0v) is 8.32. The highest BCUT2D eigenvalue weighted by Crippen LogP contribution is 2.32. The quantitative estimate of drug-likeness (QED) is 0.494. The third kappa shape index (κ3) is 1.52. The summed E-state index contributed by atoms with van der Waals surface area (Å²) in [7, 11) is 0. The summed E-state index contributed by atoms with van der Waals surface area (Å²) in [5, 5.41) is 0. The molecule has 0 spiro atoms. The highest BCUT2D eigenvalue weighted by Gasteiger charge is 2.32. The minimum Gasteiger partial charge on any atom is -0.454 e. The minimum absolute atomic E-state index is 0.00125. The molecule has 2 nitrogen and oxygen atoms in total. The highest BCUT2D eigenvalue weighted by atomic mass is 16.5. The van der Waals surface area contributed by atoms with Crippen molar-refractivity contribution in [2.24, 2.45) is 0 Å². The van der Waals surface area contributed by atoms with Crippen LogP contribution in [-0.4, -0.2) is 12.1 Å². The van der Waals surface area contributed by atoms with Crippen LogP contribution in [0.1, 0.15) is 26.2 Å². The summed E-state index contributed by atoms with van der Waals surface area (Å²) in [5.41, 5.74) is 1.99. The second-order valence-corrected chi connectivity index (χ2v) is 3.58. The van der Waals surface area contributed by atoms with E-state index >= 15 is 0 Å². The van der Waals surface area contributed by atoms with Crippen molar-refractivity contribution < 1.29 is 9.53 Å². The molecule has 0 fully saturated rings. The molecule has 0 aromatic carbocycles. The molecule has 0 amide bonds. The Hall–Kier alpha value is -1.31. The average Bonchev–Trinajstić information content (AvgIpc) is 2.54. The molecular formula is C12H14O2. The number of hydrogen-bond donors (Lipinski definition) is 0. The van der Waals surface area contributed by atoms with E-state index in [0.717, 1.165) is 24.8 Å². The molecule has 74 valence electrons. The van der Waals surface area contributed by atoms with Crippen LogP contribution in [0.2, 0.25) is 0 Å². The second kappa shape index (κ2) is 3.82. The fraction of sp³-hybridized carbons (Fsp3) is 0.417. The Balaban J connectivity index is 2.19. The van der Waals surface area contributed by atoms with Crippen molar-refractivity contribution in [3.63, 3.8) is 0 Å². The van der Waals surface area contributed by atoms with E-state index in [1.54, 1.807) is 0 Å². The van der Waals surface area contributed by atoms with Gasteiger partial charge in [0, 0.05) is 6.42 Å². The first-order chi connectivity index (χ1) is 6.83. The van der Waals surface area contributed by atoms with Gasteiger partial charge in [-0.2, -0.15) is 0 Å². The molecule has 2 rings (SSSR count). The summed E-state index contributed by atoms with van der Waals surface area (Å²) in [6.45, 7) is 1.98. The van der Waals surface area contributed by atoms with Gasteiger partial charge in [-0.15, -0.1) is 0 Å². The Labute approximate surface area is 83.9 Å². The predicted octanol–water partition coefficient (Wildman–Crippen LogP) is 2.52. The molecule has 1 heterocycles. The third-order valence-corrected chi connectivity index (χ3v) is 2.65. The van der Waals surface area contributed by atoms with Gasteiger partial charge in [-0.3, -0.25) is 0 Å². The zero-order valence-electron chi connectivity index (χ0n) is 8.32. The van der Waals surface area contributed by atoms with Crippen LogP contribution < -0.4 is 0 Å². The largest absolute Gasteiger partial charge is 0.454 e. The van der Waals surface area contributed by atoms with Gasteiger partial charge in [-0.25, -0.2) is 4.79 Å². The first-order valence-corrected chi connectivity index (χ1v) is 5.04. The molecule has 1 aliphatic carbocycles. The van der Waals surface area contributed by atoms with Crippen LogP contribution in [0.4, 0.5) is 0 Å². The Morgan fingerprint density at radius 2 is 2.50 bits per heavy atom. The molecule has 0 radical (unpaired) electrons. The van der Waals surface area contributed by atoms with Gasteiger partial charge in [-0.05, 0) is 25.3 Å². The smallest absolute Gasteiger partial charge is 0.338 e. The van der Waals surface area contributed by atoms with Gasteiger partial charge in [0.25, 0.3) is 0 Å². The first kappa shape index (κ1) is 9.25. The van der Waals surface area contributed by atoms with Gasteiger partial charge in [0.05, 0.1) is 5.57 Å². The number of cyclic esters (lactones) is 1. The van der Waals surface area contributed by atoms with Gasteiger partial charge in [0.1, 0.15) is 6.10 Å². The maximum Gasteiger partial charge on any atom is 0.338 e. The molecule has 2 heteroatoms. The summed E-state index contributed by atoms with van der Waals surface area (Å²) in [4.78, 5) is 11.4. The first-order valence-electron chi connectivity index (χ1n) is 5.04. The number of hydrogen-bond acceptors (Lipinski definition) is 2. The van der Waals surface area contributed by atoms with Crippen molar-refractivity contribution >= 4 is 5.97 Å². The van der Waals surface area contributed by atoms with Crippen molar-refractivity contribution in [2.75, 3.05) is 0 Å². The monoisotopic (exact) mass is 190 g/mol. The molecule has 1 aliphatic heterocycles. The number of carbonyl (C=O) groups is 1. The number of esters is 1. The Morgan fingerprint density at radius 1 is 1.64 bits per heavy atom. The highest BCUT2D eigenvalue weighted by molar-refractivity contribution is 5.95. The van der Waals surface area contributed by atoms with Gasteiger partial charge in [0.2, 0.25) is 0 Å². The maximum absolute atomic E-state index is 11.4. The molecule has 0 N–H and O–H groups in total. The molecule has 0 aromatic rings. The van der Waals surface area contributed by atoms with Crippen molar-refractivity contribution in [1.29, 1.82) is 0 Å². The van der Waals surface area contributed by atoms with E-state index in [4.69, 9.17) is 4.74 Å². The fourth-order valence-corrected chi connectivity index (χ4v) is 1.93. The van der Waals surface area contributed by atoms with E-state index in [1.807, 2.05) is 31.2 Å². The van der Waals surface area contributed by atoms with E-state index in [9.17, 15) is 4.79 Å². The van der Waals surface area contributed by atoms with Gasteiger partial charge in [0.15, 0.2) is 0 Å². The molecular weight excluding hydrogens is 176 g/mol. The molecule has 0 aromatic heterocycles. The average molecular weight is 190 g/mol. The lowest BCUT2D eigenvalue weighted by atomic mass is 9.94. The van der Waals surface area contributed by atoms with Crippen LogP contribution >= 0.6 is 0 Å². The standard InChI is InChI=1S/C12H14O2/c1-2-3-8-11-9-6-4-5-7-10(9)12(13)14-11/h2-3,5,7,11H,4,6,8H2,1H3/b3-2+. The van der Waals surface area contributed by atoms with Crippen LogP contribution in [0.25, 0.3) is 0 Å². The Morgan fingerprint density at radius 3 is 3.29 bits per heavy atom. The van der Waals surface area contributed by atoms with E-state index in [0.29, 0.717) is 0 Å². The lowest BCUT2D eigenvalue weighted by molar-refractivity contribution is -0.139. The topological polar surface area (TPSA) is 26.3 Å². The van der Waals surface area contributed by atoms with Crippen molar-refractivity contribution in [3.05, 3.63) is 35.5 Å². The van der Waals surface area contributed by atoms with Crippen LogP contribution in [0, 0.1) is 0 Å². The van der Waals surface area contributed by atoms with Crippen LogP contribution in [-0.2, 0) is 9.53 Å². The number of carbonyl (C=O) groups excluding carboxylic acids is 1. The number of allylic oxidation sites excluding steroid dienone is 2. The lowest BCUT2D eigenvalue weighted by Gasteiger charge is -2.12. The second-order valence-electron chi connectivity index (χ2n) is 3.58.